The molecule has 0 radical (unpaired) electrons. The average Bonchev–Trinajstić information content (AvgIpc) is 2.61. The van der Waals surface area contributed by atoms with Gasteiger partial charge in [0.05, 0.1) is 23.7 Å². The number of hydrogen-bond acceptors (Lipinski definition) is 2. The van der Waals surface area contributed by atoms with Crippen molar-refractivity contribution in [2.75, 3.05) is 0 Å². The smallest absolute Gasteiger partial charge is 0.374 e. The van der Waals surface area contributed by atoms with Gasteiger partial charge in [0.1, 0.15) is 0 Å². The lowest BCUT2D eigenvalue weighted by Crippen LogP contribution is -2.27. The maximum absolute atomic E-state index is 12.7. The first kappa shape index (κ1) is 16.0. The zero-order chi connectivity index (χ0) is 15.9. The molecule has 1 heterocycles. The van der Waals surface area contributed by atoms with Crippen LogP contribution in [0, 0.1) is 18.8 Å². The normalized spacial score (nSPS) is 29.7. The Morgan fingerprint density at radius 2 is 1.76 bits per heavy atom. The Labute approximate surface area is 122 Å². The van der Waals surface area contributed by atoms with Gasteiger partial charge in [-0.15, -0.1) is 0 Å². The first-order valence-electron chi connectivity index (χ1n) is 7.00. The number of ether oxygens (including phenoxy) is 1. The van der Waals surface area contributed by atoms with Crippen molar-refractivity contribution in [2.24, 2.45) is 11.8 Å². The number of hydrogen-bond donors (Lipinski definition) is 0. The average molecular weight is 300 g/mol. The predicted octanol–water partition coefficient (Wildman–Crippen LogP) is 4.26. The van der Waals surface area contributed by atoms with Gasteiger partial charge in [-0.2, -0.15) is 13.2 Å². The van der Waals surface area contributed by atoms with Crippen LogP contribution in [0.25, 0.3) is 0 Å². The lowest BCUT2D eigenvalue weighted by atomic mass is 9.82. The summed E-state index contributed by atoms with van der Waals surface area (Å²) in [5, 5.41) is 0. The largest absolute Gasteiger partial charge is 0.416 e. The van der Waals surface area contributed by atoms with Crippen LogP contribution in [0.15, 0.2) is 18.2 Å². The fraction of sp³-hybridized carbons (Fsp3) is 0.562. The molecule has 1 aliphatic heterocycles. The van der Waals surface area contributed by atoms with Crippen molar-refractivity contribution in [3.8, 4) is 0 Å². The Balaban J connectivity index is 2.32. The number of rotatable bonds is 2. The van der Waals surface area contributed by atoms with Crippen LogP contribution < -0.4 is 0 Å². The number of halogens is 3. The molecular weight excluding hydrogens is 281 g/mol. The van der Waals surface area contributed by atoms with Gasteiger partial charge in [0.15, 0.2) is 5.78 Å². The van der Waals surface area contributed by atoms with Gasteiger partial charge >= 0.3 is 6.18 Å². The highest BCUT2D eigenvalue weighted by atomic mass is 19.4. The molecule has 0 N–H and O–H groups in total. The first-order valence-corrected chi connectivity index (χ1v) is 7.00. The van der Waals surface area contributed by atoms with E-state index in [2.05, 4.69) is 0 Å². The van der Waals surface area contributed by atoms with Gasteiger partial charge in [0.2, 0.25) is 0 Å². The second-order valence-electron chi connectivity index (χ2n) is 5.82. The molecule has 116 valence electrons. The molecule has 4 unspecified atom stereocenters. The Kier molecular flexibility index (Phi) is 4.15. The number of carbonyl (C=O) groups excluding carboxylic acids is 1. The molecule has 21 heavy (non-hydrogen) atoms. The minimum Gasteiger partial charge on any atom is -0.374 e. The van der Waals surface area contributed by atoms with Crippen molar-refractivity contribution < 1.29 is 22.7 Å². The first-order chi connectivity index (χ1) is 9.62. The third kappa shape index (κ3) is 2.98. The van der Waals surface area contributed by atoms with Crippen LogP contribution in [0.1, 0.15) is 42.3 Å². The van der Waals surface area contributed by atoms with Crippen molar-refractivity contribution in [3.05, 3.63) is 34.9 Å². The van der Waals surface area contributed by atoms with Gasteiger partial charge in [-0.25, -0.2) is 0 Å². The number of benzene rings is 1. The Bertz CT molecular complexity index is 551. The van der Waals surface area contributed by atoms with E-state index in [9.17, 15) is 18.0 Å². The molecule has 5 heteroatoms. The standard InChI is InChI=1S/C16H19F3O2/c1-8-7-12(16(17,18)19)5-6-13(8)15(20)14-9(2)10(3)21-11(14)4/h5-7,9-11,14H,1-4H3. The molecule has 1 aromatic rings. The fourth-order valence-electron chi connectivity index (χ4n) is 3.01. The summed E-state index contributed by atoms with van der Waals surface area (Å²) in [4.78, 5) is 12.6. The van der Waals surface area contributed by atoms with Crippen molar-refractivity contribution in [3.63, 3.8) is 0 Å². The number of alkyl halides is 3. The molecule has 0 aliphatic carbocycles. The van der Waals surface area contributed by atoms with Crippen LogP contribution in [0.5, 0.6) is 0 Å². The van der Waals surface area contributed by atoms with Gasteiger partial charge in [0.25, 0.3) is 0 Å². The van der Waals surface area contributed by atoms with Crippen LogP contribution in [0.2, 0.25) is 0 Å². The van der Waals surface area contributed by atoms with E-state index in [1.807, 2.05) is 20.8 Å². The number of carbonyl (C=O) groups is 1. The highest BCUT2D eigenvalue weighted by Crippen LogP contribution is 2.36. The van der Waals surface area contributed by atoms with E-state index in [4.69, 9.17) is 4.74 Å². The molecule has 4 atom stereocenters. The second kappa shape index (κ2) is 5.44. The molecule has 1 aliphatic rings. The highest BCUT2D eigenvalue weighted by Gasteiger charge is 2.42. The van der Waals surface area contributed by atoms with Gasteiger partial charge < -0.3 is 4.74 Å². The second-order valence-corrected chi connectivity index (χ2v) is 5.82. The van der Waals surface area contributed by atoms with E-state index in [0.29, 0.717) is 11.1 Å². The van der Waals surface area contributed by atoms with Crippen LogP contribution in [-0.4, -0.2) is 18.0 Å². The van der Waals surface area contributed by atoms with Crippen LogP contribution in [0.4, 0.5) is 13.2 Å². The van der Waals surface area contributed by atoms with Crippen molar-refractivity contribution in [1.82, 2.24) is 0 Å². The summed E-state index contributed by atoms with van der Waals surface area (Å²) >= 11 is 0. The third-order valence-electron chi connectivity index (χ3n) is 4.36. The van der Waals surface area contributed by atoms with Crippen molar-refractivity contribution in [1.29, 1.82) is 0 Å². The zero-order valence-corrected chi connectivity index (χ0v) is 12.5. The summed E-state index contributed by atoms with van der Waals surface area (Å²) < 4.78 is 43.7. The van der Waals surface area contributed by atoms with E-state index >= 15 is 0 Å². The molecule has 1 aromatic carbocycles. The van der Waals surface area contributed by atoms with E-state index in [1.165, 1.54) is 13.0 Å². The molecule has 0 spiro atoms. The molecule has 1 fully saturated rings. The Hall–Kier alpha value is -1.36. The molecule has 0 bridgehead atoms. The summed E-state index contributed by atoms with van der Waals surface area (Å²) in [5.41, 5.74) is -0.0214. The molecule has 0 amide bonds. The predicted molar refractivity (Wildman–Crippen MR) is 73.2 cm³/mol. The van der Waals surface area contributed by atoms with Gasteiger partial charge in [-0.1, -0.05) is 13.0 Å². The number of ketones is 1. The number of Topliss-reactive ketones (excluding diaryl/α,β-unsaturated/α-hetero) is 1. The van der Waals surface area contributed by atoms with Gasteiger partial charge in [-0.3, -0.25) is 4.79 Å². The van der Waals surface area contributed by atoms with Crippen LogP contribution in [0.3, 0.4) is 0 Å². The van der Waals surface area contributed by atoms with E-state index in [0.717, 1.165) is 12.1 Å². The zero-order valence-electron chi connectivity index (χ0n) is 12.5. The minimum atomic E-state index is -4.39. The Morgan fingerprint density at radius 1 is 1.14 bits per heavy atom. The summed E-state index contributed by atoms with van der Waals surface area (Å²) in [6, 6.07) is 3.28. The maximum Gasteiger partial charge on any atom is 0.416 e. The molecule has 0 saturated carbocycles. The van der Waals surface area contributed by atoms with Crippen molar-refractivity contribution >= 4 is 5.78 Å². The maximum atomic E-state index is 12.7. The number of aryl methyl sites for hydroxylation is 1. The molecule has 1 saturated heterocycles. The van der Waals surface area contributed by atoms with Crippen LogP contribution >= 0.6 is 0 Å². The molecule has 2 rings (SSSR count). The van der Waals surface area contributed by atoms with Gasteiger partial charge in [-0.05, 0) is 44.4 Å². The SMILES string of the molecule is Cc1cc(C(F)(F)F)ccc1C(=O)C1C(C)OC(C)C1C. The molecular formula is C16H19F3O2. The topological polar surface area (TPSA) is 26.3 Å². The minimum absolute atomic E-state index is 0.0243. The fourth-order valence-corrected chi connectivity index (χ4v) is 3.01. The molecule has 2 nitrogen and oxygen atoms in total. The summed E-state index contributed by atoms with van der Waals surface area (Å²) in [6.45, 7) is 7.23. The van der Waals surface area contributed by atoms with E-state index in [-0.39, 0.29) is 29.8 Å². The lowest BCUT2D eigenvalue weighted by Gasteiger charge is -2.19. The Morgan fingerprint density at radius 3 is 2.19 bits per heavy atom. The monoisotopic (exact) mass is 300 g/mol. The van der Waals surface area contributed by atoms with E-state index < -0.39 is 11.7 Å². The highest BCUT2D eigenvalue weighted by molar-refractivity contribution is 5.99. The summed E-state index contributed by atoms with van der Waals surface area (Å²) in [7, 11) is 0. The molecule has 0 aromatic heterocycles. The summed E-state index contributed by atoms with van der Waals surface area (Å²) in [6.07, 6.45) is -4.63. The van der Waals surface area contributed by atoms with Gasteiger partial charge in [0, 0.05) is 5.56 Å². The summed E-state index contributed by atoms with van der Waals surface area (Å²) in [5.74, 6) is -0.393. The third-order valence-corrected chi connectivity index (χ3v) is 4.36. The van der Waals surface area contributed by atoms with E-state index in [1.54, 1.807) is 0 Å². The lowest BCUT2D eigenvalue weighted by molar-refractivity contribution is -0.137. The van der Waals surface area contributed by atoms with Crippen LogP contribution in [-0.2, 0) is 10.9 Å². The van der Waals surface area contributed by atoms with Crippen molar-refractivity contribution in [2.45, 2.75) is 46.1 Å². The quantitative estimate of drug-likeness (QED) is 0.763.